The van der Waals surface area contributed by atoms with Gasteiger partial charge in [-0.25, -0.2) is 0 Å². The lowest BCUT2D eigenvalue weighted by molar-refractivity contribution is -0.355. The minimum absolute atomic E-state index is 0. The molecule has 0 spiro atoms. The third-order valence-electron chi connectivity index (χ3n) is 3.98. The van der Waals surface area contributed by atoms with Crippen LogP contribution >= 0.6 is 0 Å². The van der Waals surface area contributed by atoms with Crippen LogP contribution in [0.3, 0.4) is 0 Å². The zero-order valence-electron chi connectivity index (χ0n) is 12.5. The van der Waals surface area contributed by atoms with Crippen LogP contribution in [0.1, 0.15) is 0 Å². The summed E-state index contributed by atoms with van der Waals surface area (Å²) < 4.78 is 15.3. The Morgan fingerprint density at radius 1 is 0.667 bits per heavy atom. The van der Waals surface area contributed by atoms with Crippen molar-refractivity contribution in [1.29, 1.82) is 0 Å². The van der Waals surface area contributed by atoms with Gasteiger partial charge in [-0.3, -0.25) is 0 Å². The van der Waals surface area contributed by atoms with Crippen molar-refractivity contribution >= 4 is 11.0 Å². The largest absolute Gasteiger partial charge is 0.394 e. The van der Waals surface area contributed by atoms with Gasteiger partial charge in [0.05, 0.1) is 13.2 Å². The molecule has 2 aliphatic heterocycles. The molecule has 12 heteroatoms. The van der Waals surface area contributed by atoms with Gasteiger partial charge in [0.2, 0.25) is 0 Å². The standard InChI is InChI=1S/C12H22O11.Si/c13-1-3-5(15)6(16)9(19)12(22-3)23-10-4(2-14)21-11(20)8(18)7(10)17;/h3-20H,1-2H2;/t3-,4-,5+,6+,7-,8-,9-,10-,11?,12+;/m1./s1. The molecule has 1 unspecified atom stereocenters. The highest BCUT2D eigenvalue weighted by Crippen LogP contribution is 2.28. The van der Waals surface area contributed by atoms with Gasteiger partial charge in [0.1, 0.15) is 48.8 Å². The van der Waals surface area contributed by atoms with E-state index in [0.29, 0.717) is 0 Å². The maximum absolute atomic E-state index is 9.94. The van der Waals surface area contributed by atoms with E-state index in [9.17, 15) is 35.7 Å². The normalized spacial score (nSPS) is 49.5. The van der Waals surface area contributed by atoms with Crippen LogP contribution in [0, 0.1) is 0 Å². The molecule has 4 radical (unpaired) electrons. The Balaban J connectivity index is 0.00000288. The smallest absolute Gasteiger partial charge is 0.187 e. The third kappa shape index (κ3) is 4.12. The fraction of sp³-hybridized carbons (Fsp3) is 1.00. The summed E-state index contributed by atoms with van der Waals surface area (Å²) >= 11 is 0. The van der Waals surface area contributed by atoms with Crippen LogP contribution in [0.25, 0.3) is 0 Å². The Kier molecular flexibility index (Phi) is 8.12. The van der Waals surface area contributed by atoms with E-state index in [1.54, 1.807) is 0 Å². The van der Waals surface area contributed by atoms with Crippen LogP contribution in [0.15, 0.2) is 0 Å². The van der Waals surface area contributed by atoms with Crippen molar-refractivity contribution < 1.29 is 55.1 Å². The molecule has 0 bridgehead atoms. The molecule has 0 aromatic heterocycles. The Hall–Kier alpha value is -0.223. The molecule has 11 nitrogen and oxygen atoms in total. The molecule has 0 saturated carbocycles. The van der Waals surface area contributed by atoms with Gasteiger partial charge in [-0.15, -0.1) is 0 Å². The summed E-state index contributed by atoms with van der Waals surface area (Å²) in [6.45, 7) is -1.35. The molecule has 0 aliphatic carbocycles. The number of hydrogen-bond acceptors (Lipinski definition) is 11. The minimum Gasteiger partial charge on any atom is -0.394 e. The number of hydrogen-bond donors (Lipinski definition) is 8. The SMILES string of the molecule is OC[C@H]1O[C@@H](O[C@H]2[C@H](O)[C@@H](O)C(O)O[C@@H]2CO)[C@H](O)[C@@H](O)[C@H]1O.[Si]. The lowest BCUT2D eigenvalue weighted by Gasteiger charge is -2.45. The van der Waals surface area contributed by atoms with Crippen LogP contribution in [0.2, 0.25) is 0 Å². The first-order valence-corrected chi connectivity index (χ1v) is 7.08. The van der Waals surface area contributed by atoms with Gasteiger partial charge in [0.15, 0.2) is 12.6 Å². The molecule has 0 amide bonds. The Labute approximate surface area is 141 Å². The Morgan fingerprint density at radius 3 is 1.79 bits per heavy atom. The first-order valence-electron chi connectivity index (χ1n) is 7.08. The van der Waals surface area contributed by atoms with Crippen LogP contribution < -0.4 is 0 Å². The zero-order chi connectivity index (χ0) is 17.3. The van der Waals surface area contributed by atoms with E-state index < -0.39 is 74.6 Å². The van der Waals surface area contributed by atoms with E-state index in [-0.39, 0.29) is 11.0 Å². The highest BCUT2D eigenvalue weighted by Gasteiger charge is 2.50. The van der Waals surface area contributed by atoms with E-state index in [1.165, 1.54) is 0 Å². The van der Waals surface area contributed by atoms with Gasteiger partial charge >= 0.3 is 0 Å². The lowest BCUT2D eigenvalue weighted by atomic mass is 9.97. The number of ether oxygens (including phenoxy) is 3. The summed E-state index contributed by atoms with van der Waals surface area (Å²) in [7, 11) is 0. The summed E-state index contributed by atoms with van der Waals surface area (Å²) in [6.07, 6.45) is -15.6. The van der Waals surface area contributed by atoms with E-state index in [2.05, 4.69) is 0 Å². The minimum atomic E-state index is -1.74. The molecule has 2 rings (SSSR count). The first kappa shape index (κ1) is 21.8. The molecule has 2 fully saturated rings. The molecule has 2 saturated heterocycles. The Morgan fingerprint density at radius 2 is 1.25 bits per heavy atom. The summed E-state index contributed by atoms with van der Waals surface area (Å²) in [5, 5.41) is 76.5. The summed E-state index contributed by atoms with van der Waals surface area (Å²) in [6, 6.07) is 0. The highest BCUT2D eigenvalue weighted by atomic mass is 28.1. The van der Waals surface area contributed by atoms with Gasteiger partial charge in [0.25, 0.3) is 0 Å². The van der Waals surface area contributed by atoms with Gasteiger partial charge in [-0.05, 0) is 0 Å². The lowest BCUT2D eigenvalue weighted by Crippen LogP contribution is -2.64. The van der Waals surface area contributed by atoms with Crippen LogP contribution in [-0.2, 0) is 14.2 Å². The van der Waals surface area contributed by atoms with E-state index in [0.717, 1.165) is 0 Å². The quantitative estimate of drug-likeness (QED) is 0.220. The molecular weight excluding hydrogens is 348 g/mol. The van der Waals surface area contributed by atoms with Gasteiger partial charge in [-0.2, -0.15) is 0 Å². The van der Waals surface area contributed by atoms with Crippen molar-refractivity contribution in [2.24, 2.45) is 0 Å². The predicted molar refractivity (Wildman–Crippen MR) is 74.4 cm³/mol. The summed E-state index contributed by atoms with van der Waals surface area (Å²) in [5.74, 6) is 0. The van der Waals surface area contributed by atoms with Gasteiger partial charge < -0.3 is 55.1 Å². The maximum atomic E-state index is 9.94. The van der Waals surface area contributed by atoms with Crippen LogP contribution in [0.5, 0.6) is 0 Å². The van der Waals surface area contributed by atoms with E-state index >= 15 is 0 Å². The molecule has 0 aromatic carbocycles. The maximum Gasteiger partial charge on any atom is 0.187 e. The van der Waals surface area contributed by atoms with Crippen molar-refractivity contribution in [3.63, 3.8) is 0 Å². The second kappa shape index (κ2) is 8.93. The Bertz CT molecular complexity index is 384. The molecule has 24 heavy (non-hydrogen) atoms. The second-order valence-electron chi connectivity index (χ2n) is 5.53. The molecule has 140 valence electrons. The fourth-order valence-electron chi connectivity index (χ4n) is 2.57. The van der Waals surface area contributed by atoms with Crippen molar-refractivity contribution in [3.8, 4) is 0 Å². The van der Waals surface area contributed by atoms with Crippen molar-refractivity contribution in [1.82, 2.24) is 0 Å². The third-order valence-corrected chi connectivity index (χ3v) is 3.98. The van der Waals surface area contributed by atoms with E-state index in [1.807, 2.05) is 0 Å². The van der Waals surface area contributed by atoms with Gasteiger partial charge in [0, 0.05) is 11.0 Å². The topological polar surface area (TPSA) is 190 Å². The second-order valence-corrected chi connectivity index (χ2v) is 5.53. The molecule has 2 heterocycles. The highest BCUT2D eigenvalue weighted by molar-refractivity contribution is 5.75. The summed E-state index contributed by atoms with van der Waals surface area (Å²) in [5.41, 5.74) is 0. The van der Waals surface area contributed by atoms with Crippen molar-refractivity contribution in [3.05, 3.63) is 0 Å². The molecule has 0 aromatic rings. The number of aliphatic hydroxyl groups excluding tert-OH is 8. The van der Waals surface area contributed by atoms with E-state index in [4.69, 9.17) is 19.3 Å². The number of rotatable bonds is 4. The first-order chi connectivity index (χ1) is 10.8. The molecule has 10 atom stereocenters. The van der Waals surface area contributed by atoms with Crippen LogP contribution in [-0.4, -0.2) is 126 Å². The van der Waals surface area contributed by atoms with Crippen molar-refractivity contribution in [2.45, 2.75) is 61.4 Å². The number of aliphatic hydroxyl groups is 8. The predicted octanol–water partition coefficient (Wildman–Crippen LogP) is -5.78. The average molecular weight is 370 g/mol. The average Bonchev–Trinajstić information content (AvgIpc) is 2.55. The fourth-order valence-corrected chi connectivity index (χ4v) is 2.57. The molecular formula is C12H22O11Si. The molecule has 8 N–H and O–H groups in total. The van der Waals surface area contributed by atoms with Crippen molar-refractivity contribution in [2.75, 3.05) is 13.2 Å². The van der Waals surface area contributed by atoms with Gasteiger partial charge in [-0.1, -0.05) is 0 Å². The van der Waals surface area contributed by atoms with Crippen LogP contribution in [0.4, 0.5) is 0 Å². The molecule has 2 aliphatic rings. The zero-order valence-corrected chi connectivity index (χ0v) is 13.5. The monoisotopic (exact) mass is 370 g/mol. The summed E-state index contributed by atoms with van der Waals surface area (Å²) in [4.78, 5) is 0.